The molecule has 17 heavy (non-hydrogen) atoms. The number of carbonyl (C=O) groups is 1. The Morgan fingerprint density at radius 1 is 1.59 bits per heavy atom. The van der Waals surface area contributed by atoms with Gasteiger partial charge in [-0.05, 0) is 27.7 Å². The van der Waals surface area contributed by atoms with E-state index < -0.39 is 11.0 Å². The Morgan fingerprint density at radius 2 is 2.18 bits per heavy atom. The van der Waals surface area contributed by atoms with Crippen molar-refractivity contribution in [3.05, 3.63) is 0 Å². The van der Waals surface area contributed by atoms with Gasteiger partial charge in [-0.25, -0.2) is 0 Å². The van der Waals surface area contributed by atoms with Gasteiger partial charge in [0, 0.05) is 19.0 Å². The first kappa shape index (κ1) is 14.7. The second kappa shape index (κ2) is 5.12. The van der Waals surface area contributed by atoms with Gasteiger partial charge < -0.3 is 14.7 Å². The van der Waals surface area contributed by atoms with E-state index in [2.05, 4.69) is 0 Å². The first-order valence-corrected chi connectivity index (χ1v) is 6.39. The van der Waals surface area contributed by atoms with Crippen molar-refractivity contribution in [2.75, 3.05) is 25.6 Å². The van der Waals surface area contributed by atoms with Crippen molar-refractivity contribution in [2.24, 2.45) is 5.41 Å². The smallest absolute Gasteiger partial charge is 0.229 e. The van der Waals surface area contributed by atoms with Gasteiger partial charge in [0.05, 0.1) is 23.7 Å². The summed E-state index contributed by atoms with van der Waals surface area (Å²) in [5.41, 5.74) is -1.00. The molecule has 1 aliphatic rings. The molecule has 0 aromatic carbocycles. The molecule has 1 atom stereocenters. The molecule has 1 rings (SSSR count). The molecule has 0 bridgehead atoms. The van der Waals surface area contributed by atoms with E-state index in [1.54, 1.807) is 4.90 Å². The summed E-state index contributed by atoms with van der Waals surface area (Å²) in [6.45, 7) is 8.39. The molecule has 1 saturated heterocycles. The number of ether oxygens (including phenoxy) is 1. The molecule has 1 aliphatic heterocycles. The molecule has 0 aromatic heterocycles. The number of hydrogen-bond acceptors (Lipinski definition) is 3. The fraction of sp³-hybridized carbons (Fsp3) is 0.917. The minimum Gasteiger partial charge on any atom is -0.394 e. The van der Waals surface area contributed by atoms with Gasteiger partial charge in [0.25, 0.3) is 0 Å². The molecule has 1 amide bonds. The van der Waals surface area contributed by atoms with Crippen molar-refractivity contribution in [1.82, 2.24) is 4.90 Å². The van der Waals surface area contributed by atoms with Gasteiger partial charge in [0.15, 0.2) is 0 Å². The predicted octanol–water partition coefficient (Wildman–Crippen LogP) is 1.25. The third kappa shape index (κ3) is 3.57. The molecule has 1 unspecified atom stereocenters. The number of amides is 1. The highest BCUT2D eigenvalue weighted by atomic mass is 35.5. The predicted molar refractivity (Wildman–Crippen MR) is 67.1 cm³/mol. The summed E-state index contributed by atoms with van der Waals surface area (Å²) in [7, 11) is 0. The van der Waals surface area contributed by atoms with E-state index in [1.165, 1.54) is 0 Å². The van der Waals surface area contributed by atoms with E-state index in [0.717, 1.165) is 0 Å². The van der Waals surface area contributed by atoms with E-state index in [9.17, 15) is 9.90 Å². The van der Waals surface area contributed by atoms with E-state index >= 15 is 0 Å². The first-order chi connectivity index (χ1) is 7.72. The average molecular weight is 264 g/mol. The summed E-state index contributed by atoms with van der Waals surface area (Å²) in [6.07, 6.45) is -0.311. The number of nitrogens with zero attached hydrogens (tertiary/aromatic N) is 1. The van der Waals surface area contributed by atoms with Crippen LogP contribution in [0.1, 0.15) is 27.7 Å². The highest BCUT2D eigenvalue weighted by Gasteiger charge is 2.39. The lowest BCUT2D eigenvalue weighted by Gasteiger charge is -2.44. The normalized spacial score (nSPS) is 24.8. The standard InChI is InChI=1S/C12H22ClNO3/c1-11(2,7-13)10(16)14-5-9(6-15)17-12(3,4)8-14/h9,15H,5-8H2,1-4H3. The topological polar surface area (TPSA) is 49.8 Å². The fourth-order valence-corrected chi connectivity index (χ4v) is 2.14. The largest absolute Gasteiger partial charge is 0.394 e. The lowest BCUT2D eigenvalue weighted by Crippen LogP contribution is -2.58. The van der Waals surface area contributed by atoms with Gasteiger partial charge in [0.2, 0.25) is 5.91 Å². The number of aliphatic hydroxyl groups excluding tert-OH is 1. The van der Waals surface area contributed by atoms with Crippen molar-refractivity contribution in [3.63, 3.8) is 0 Å². The Bertz CT molecular complexity index is 291. The van der Waals surface area contributed by atoms with E-state index in [0.29, 0.717) is 13.1 Å². The zero-order valence-electron chi connectivity index (χ0n) is 11.0. The van der Waals surface area contributed by atoms with Crippen LogP contribution in [-0.4, -0.2) is 53.2 Å². The quantitative estimate of drug-likeness (QED) is 0.780. The van der Waals surface area contributed by atoms with Crippen molar-refractivity contribution in [3.8, 4) is 0 Å². The molecule has 0 aliphatic carbocycles. The molecule has 1 heterocycles. The van der Waals surface area contributed by atoms with Crippen molar-refractivity contribution < 1.29 is 14.6 Å². The van der Waals surface area contributed by atoms with Gasteiger partial charge in [-0.15, -0.1) is 11.6 Å². The first-order valence-electron chi connectivity index (χ1n) is 5.86. The van der Waals surface area contributed by atoms with Crippen LogP contribution in [0.5, 0.6) is 0 Å². The molecular formula is C12H22ClNO3. The maximum Gasteiger partial charge on any atom is 0.229 e. The zero-order valence-corrected chi connectivity index (χ0v) is 11.8. The lowest BCUT2D eigenvalue weighted by molar-refractivity contribution is -0.172. The Hall–Kier alpha value is -0.320. The van der Waals surface area contributed by atoms with Gasteiger partial charge in [-0.3, -0.25) is 4.79 Å². The Labute approximate surface area is 108 Å². The van der Waals surface area contributed by atoms with Crippen molar-refractivity contribution in [2.45, 2.75) is 39.4 Å². The molecule has 1 N–H and O–H groups in total. The van der Waals surface area contributed by atoms with Crippen LogP contribution in [0.4, 0.5) is 0 Å². The van der Waals surface area contributed by atoms with Crippen LogP contribution in [-0.2, 0) is 9.53 Å². The summed E-state index contributed by atoms with van der Waals surface area (Å²) < 4.78 is 5.67. The fourth-order valence-electron chi connectivity index (χ4n) is 2.03. The van der Waals surface area contributed by atoms with Crippen LogP contribution in [0.15, 0.2) is 0 Å². The minimum absolute atomic E-state index is 0.0160. The van der Waals surface area contributed by atoms with E-state index in [1.807, 2.05) is 27.7 Å². The number of halogens is 1. The number of carbonyl (C=O) groups excluding carboxylic acids is 1. The van der Waals surface area contributed by atoms with Gasteiger partial charge in [0.1, 0.15) is 0 Å². The highest BCUT2D eigenvalue weighted by molar-refractivity contribution is 6.19. The van der Waals surface area contributed by atoms with E-state index in [4.69, 9.17) is 16.3 Å². The number of hydrogen-bond donors (Lipinski definition) is 1. The maximum atomic E-state index is 12.3. The van der Waals surface area contributed by atoms with Crippen LogP contribution in [0, 0.1) is 5.41 Å². The molecule has 5 heteroatoms. The van der Waals surface area contributed by atoms with Gasteiger partial charge in [-0.1, -0.05) is 0 Å². The summed E-state index contributed by atoms with van der Waals surface area (Å²) >= 11 is 5.82. The summed E-state index contributed by atoms with van der Waals surface area (Å²) in [5, 5.41) is 9.19. The minimum atomic E-state index is -0.574. The molecule has 0 saturated carbocycles. The number of morpholine rings is 1. The second-order valence-electron chi connectivity index (χ2n) is 5.89. The van der Waals surface area contributed by atoms with E-state index in [-0.39, 0.29) is 24.5 Å². The van der Waals surface area contributed by atoms with Crippen molar-refractivity contribution in [1.29, 1.82) is 0 Å². The lowest BCUT2D eigenvalue weighted by atomic mass is 9.92. The SMILES string of the molecule is CC1(C)CN(C(=O)C(C)(C)CCl)CC(CO)O1. The summed E-state index contributed by atoms with van der Waals surface area (Å²) in [5.74, 6) is 0.301. The second-order valence-corrected chi connectivity index (χ2v) is 6.15. The summed E-state index contributed by atoms with van der Waals surface area (Å²) in [6, 6.07) is 0. The molecule has 100 valence electrons. The highest BCUT2D eigenvalue weighted by Crippen LogP contribution is 2.27. The number of aliphatic hydroxyl groups is 1. The number of alkyl halides is 1. The third-order valence-electron chi connectivity index (χ3n) is 2.89. The molecule has 1 fully saturated rings. The van der Waals surface area contributed by atoms with Crippen LogP contribution in [0.2, 0.25) is 0 Å². The third-order valence-corrected chi connectivity index (χ3v) is 3.55. The Balaban J connectivity index is 2.80. The van der Waals surface area contributed by atoms with Crippen LogP contribution < -0.4 is 0 Å². The van der Waals surface area contributed by atoms with Crippen LogP contribution >= 0.6 is 11.6 Å². The monoisotopic (exact) mass is 263 g/mol. The number of rotatable bonds is 3. The molecule has 4 nitrogen and oxygen atoms in total. The van der Waals surface area contributed by atoms with Gasteiger partial charge in [-0.2, -0.15) is 0 Å². The van der Waals surface area contributed by atoms with Gasteiger partial charge >= 0.3 is 0 Å². The molecule has 0 aromatic rings. The zero-order chi connectivity index (χ0) is 13.3. The van der Waals surface area contributed by atoms with Crippen molar-refractivity contribution >= 4 is 17.5 Å². The Kier molecular flexibility index (Phi) is 4.44. The molecule has 0 spiro atoms. The molecule has 0 radical (unpaired) electrons. The summed E-state index contributed by atoms with van der Waals surface area (Å²) in [4.78, 5) is 14.0. The van der Waals surface area contributed by atoms with Crippen LogP contribution in [0.25, 0.3) is 0 Å². The average Bonchev–Trinajstić information content (AvgIpc) is 2.25. The maximum absolute atomic E-state index is 12.3. The molecular weight excluding hydrogens is 242 g/mol. The Morgan fingerprint density at radius 3 is 2.65 bits per heavy atom. The van der Waals surface area contributed by atoms with Crippen LogP contribution in [0.3, 0.4) is 0 Å².